The van der Waals surface area contributed by atoms with Gasteiger partial charge in [-0.25, -0.2) is 0 Å². The SMILES string of the molecule is CC1Cc2ccccc2N1C(=O)c1ccc(C(=O)NCc2ccncc2)cc1. The van der Waals surface area contributed by atoms with Gasteiger partial charge in [0.15, 0.2) is 0 Å². The topological polar surface area (TPSA) is 62.3 Å². The zero-order chi connectivity index (χ0) is 19.5. The number of aromatic nitrogens is 1. The number of benzene rings is 2. The number of amides is 2. The molecule has 1 unspecified atom stereocenters. The molecule has 0 spiro atoms. The van der Waals surface area contributed by atoms with E-state index in [9.17, 15) is 9.59 Å². The second kappa shape index (κ2) is 7.64. The molecule has 140 valence electrons. The number of pyridine rings is 1. The number of hydrogen-bond donors (Lipinski definition) is 1. The highest BCUT2D eigenvalue weighted by molar-refractivity contribution is 6.08. The average molecular weight is 371 g/mol. The minimum absolute atomic E-state index is 0.0406. The summed E-state index contributed by atoms with van der Waals surface area (Å²) in [6.45, 7) is 2.49. The molecule has 28 heavy (non-hydrogen) atoms. The van der Waals surface area contributed by atoms with Gasteiger partial charge in [-0.05, 0) is 66.9 Å². The molecule has 2 amide bonds. The monoisotopic (exact) mass is 371 g/mol. The van der Waals surface area contributed by atoms with Crippen LogP contribution in [0.2, 0.25) is 0 Å². The van der Waals surface area contributed by atoms with Crippen molar-refractivity contribution in [3.8, 4) is 0 Å². The van der Waals surface area contributed by atoms with Crippen molar-refractivity contribution in [2.75, 3.05) is 4.90 Å². The van der Waals surface area contributed by atoms with E-state index in [-0.39, 0.29) is 17.9 Å². The molecule has 5 nitrogen and oxygen atoms in total. The van der Waals surface area contributed by atoms with Crippen LogP contribution < -0.4 is 10.2 Å². The van der Waals surface area contributed by atoms with Crippen molar-refractivity contribution in [2.45, 2.75) is 25.9 Å². The lowest BCUT2D eigenvalue weighted by atomic mass is 10.1. The molecule has 0 fully saturated rings. The quantitative estimate of drug-likeness (QED) is 0.762. The highest BCUT2D eigenvalue weighted by Gasteiger charge is 2.31. The molecule has 0 radical (unpaired) electrons. The van der Waals surface area contributed by atoms with Crippen LogP contribution >= 0.6 is 0 Å². The molecule has 0 aliphatic carbocycles. The first kappa shape index (κ1) is 17.9. The first-order chi connectivity index (χ1) is 13.6. The normalized spacial score (nSPS) is 15.2. The van der Waals surface area contributed by atoms with Gasteiger partial charge in [0.25, 0.3) is 11.8 Å². The van der Waals surface area contributed by atoms with Gasteiger partial charge in [0.1, 0.15) is 0 Å². The van der Waals surface area contributed by atoms with E-state index in [1.807, 2.05) is 35.2 Å². The molecular weight excluding hydrogens is 350 g/mol. The van der Waals surface area contributed by atoms with Crippen LogP contribution in [0, 0.1) is 0 Å². The number of para-hydroxylation sites is 1. The summed E-state index contributed by atoms with van der Waals surface area (Å²) in [5.74, 6) is -0.211. The number of anilines is 1. The van der Waals surface area contributed by atoms with Crippen molar-refractivity contribution in [1.82, 2.24) is 10.3 Å². The molecule has 2 aromatic carbocycles. The highest BCUT2D eigenvalue weighted by Crippen LogP contribution is 2.33. The molecule has 1 aromatic heterocycles. The smallest absolute Gasteiger partial charge is 0.258 e. The minimum atomic E-state index is -0.171. The van der Waals surface area contributed by atoms with Crippen LogP contribution in [0.5, 0.6) is 0 Å². The van der Waals surface area contributed by atoms with E-state index in [2.05, 4.69) is 23.3 Å². The molecule has 1 aliphatic rings. The van der Waals surface area contributed by atoms with Crippen molar-refractivity contribution in [2.24, 2.45) is 0 Å². The molecule has 4 rings (SSSR count). The van der Waals surface area contributed by atoms with E-state index in [0.717, 1.165) is 17.7 Å². The second-order valence-corrected chi connectivity index (χ2v) is 6.97. The maximum absolute atomic E-state index is 13.0. The van der Waals surface area contributed by atoms with Crippen LogP contribution in [0.15, 0.2) is 73.1 Å². The molecule has 1 aliphatic heterocycles. The maximum atomic E-state index is 13.0. The zero-order valence-corrected chi connectivity index (χ0v) is 15.6. The average Bonchev–Trinajstić information content (AvgIpc) is 3.08. The third-order valence-electron chi connectivity index (χ3n) is 5.02. The number of carbonyl (C=O) groups is 2. The van der Waals surface area contributed by atoms with Crippen molar-refractivity contribution in [3.05, 3.63) is 95.3 Å². The van der Waals surface area contributed by atoms with E-state index in [0.29, 0.717) is 17.7 Å². The largest absolute Gasteiger partial charge is 0.348 e. The second-order valence-electron chi connectivity index (χ2n) is 6.97. The van der Waals surface area contributed by atoms with E-state index < -0.39 is 0 Å². The fraction of sp³-hybridized carbons (Fsp3) is 0.174. The number of carbonyl (C=O) groups excluding carboxylic acids is 2. The Balaban J connectivity index is 1.46. The minimum Gasteiger partial charge on any atom is -0.348 e. The van der Waals surface area contributed by atoms with Crippen LogP contribution in [-0.2, 0) is 13.0 Å². The molecule has 0 saturated carbocycles. The summed E-state index contributed by atoms with van der Waals surface area (Å²) in [5, 5.41) is 2.88. The summed E-state index contributed by atoms with van der Waals surface area (Å²) >= 11 is 0. The first-order valence-electron chi connectivity index (χ1n) is 9.32. The van der Waals surface area contributed by atoms with E-state index in [1.54, 1.807) is 36.7 Å². The zero-order valence-electron chi connectivity index (χ0n) is 15.6. The Bertz CT molecular complexity index is 1000. The van der Waals surface area contributed by atoms with Crippen molar-refractivity contribution < 1.29 is 9.59 Å². The van der Waals surface area contributed by atoms with Crippen LogP contribution in [0.25, 0.3) is 0 Å². The van der Waals surface area contributed by atoms with E-state index in [1.165, 1.54) is 5.56 Å². The van der Waals surface area contributed by atoms with E-state index in [4.69, 9.17) is 0 Å². The molecule has 5 heteroatoms. The molecule has 1 N–H and O–H groups in total. The lowest BCUT2D eigenvalue weighted by molar-refractivity contribution is 0.0947. The lowest BCUT2D eigenvalue weighted by Crippen LogP contribution is -2.35. The van der Waals surface area contributed by atoms with Gasteiger partial charge in [0, 0.05) is 41.8 Å². The Kier molecular flexibility index (Phi) is 4.89. The summed E-state index contributed by atoms with van der Waals surface area (Å²) in [6, 6.07) is 18.7. The first-order valence-corrected chi connectivity index (χ1v) is 9.32. The highest BCUT2D eigenvalue weighted by atomic mass is 16.2. The van der Waals surface area contributed by atoms with Gasteiger partial charge < -0.3 is 10.2 Å². The summed E-state index contributed by atoms with van der Waals surface area (Å²) in [7, 11) is 0. The van der Waals surface area contributed by atoms with Crippen LogP contribution in [0.1, 0.15) is 38.8 Å². The molecular formula is C23H21N3O2. The summed E-state index contributed by atoms with van der Waals surface area (Å²) < 4.78 is 0. The van der Waals surface area contributed by atoms with Gasteiger partial charge in [-0.3, -0.25) is 14.6 Å². The van der Waals surface area contributed by atoms with Crippen molar-refractivity contribution >= 4 is 17.5 Å². The third kappa shape index (κ3) is 3.51. The van der Waals surface area contributed by atoms with E-state index >= 15 is 0 Å². The Labute approximate surface area is 164 Å². The summed E-state index contributed by atoms with van der Waals surface area (Å²) in [4.78, 5) is 31.2. The van der Waals surface area contributed by atoms with Gasteiger partial charge in [0.05, 0.1) is 0 Å². The third-order valence-corrected chi connectivity index (χ3v) is 5.02. The Morgan fingerprint density at radius 3 is 2.43 bits per heavy atom. The standard InChI is InChI=1S/C23H21N3O2/c1-16-14-20-4-2-3-5-21(20)26(16)23(28)19-8-6-18(7-9-19)22(27)25-15-17-10-12-24-13-11-17/h2-13,16H,14-15H2,1H3,(H,25,27). The summed E-state index contributed by atoms with van der Waals surface area (Å²) in [5.41, 5.74) is 4.25. The number of hydrogen-bond acceptors (Lipinski definition) is 3. The number of nitrogens with zero attached hydrogens (tertiary/aromatic N) is 2. The van der Waals surface area contributed by atoms with Crippen LogP contribution in [-0.4, -0.2) is 22.8 Å². The van der Waals surface area contributed by atoms with Gasteiger partial charge in [-0.1, -0.05) is 18.2 Å². The van der Waals surface area contributed by atoms with Crippen molar-refractivity contribution in [3.63, 3.8) is 0 Å². The fourth-order valence-corrected chi connectivity index (χ4v) is 3.56. The lowest BCUT2D eigenvalue weighted by Gasteiger charge is -2.23. The molecule has 0 saturated heterocycles. The Morgan fingerprint density at radius 2 is 1.68 bits per heavy atom. The van der Waals surface area contributed by atoms with Crippen LogP contribution in [0.4, 0.5) is 5.69 Å². The van der Waals surface area contributed by atoms with Gasteiger partial charge in [-0.2, -0.15) is 0 Å². The molecule has 0 bridgehead atoms. The fourth-order valence-electron chi connectivity index (χ4n) is 3.56. The predicted molar refractivity (Wildman–Crippen MR) is 108 cm³/mol. The van der Waals surface area contributed by atoms with Crippen molar-refractivity contribution in [1.29, 1.82) is 0 Å². The van der Waals surface area contributed by atoms with Crippen LogP contribution in [0.3, 0.4) is 0 Å². The maximum Gasteiger partial charge on any atom is 0.258 e. The molecule has 3 aromatic rings. The van der Waals surface area contributed by atoms with Gasteiger partial charge >= 0.3 is 0 Å². The van der Waals surface area contributed by atoms with Gasteiger partial charge in [-0.15, -0.1) is 0 Å². The number of rotatable bonds is 4. The molecule has 2 heterocycles. The number of fused-ring (bicyclic) bond motifs is 1. The summed E-state index contributed by atoms with van der Waals surface area (Å²) in [6.07, 6.45) is 4.25. The number of nitrogens with one attached hydrogen (secondary N) is 1. The predicted octanol–water partition coefficient (Wildman–Crippen LogP) is 3.60. The molecule has 1 atom stereocenters. The Morgan fingerprint density at radius 1 is 1.00 bits per heavy atom. The van der Waals surface area contributed by atoms with Gasteiger partial charge in [0.2, 0.25) is 0 Å². The Hall–Kier alpha value is -3.47.